The standard InChI is InChI=1S/C20H17N.ClH/c21-20(15-6-7-15)17-11-9-14-5-4-12-2-1-3-13-8-10-16(17)19(14)18(12)13;/h1-5,8-11,15,20H,6-7,21H2;1H/t20-;/m1./s1. The van der Waals surface area contributed by atoms with Gasteiger partial charge in [-0.2, -0.15) is 0 Å². The van der Waals surface area contributed by atoms with Gasteiger partial charge in [-0.25, -0.2) is 0 Å². The molecule has 5 rings (SSSR count). The average molecular weight is 308 g/mol. The summed E-state index contributed by atoms with van der Waals surface area (Å²) in [4.78, 5) is 0. The lowest BCUT2D eigenvalue weighted by atomic mass is 9.89. The van der Waals surface area contributed by atoms with Crippen molar-refractivity contribution < 1.29 is 0 Å². The van der Waals surface area contributed by atoms with Crippen LogP contribution in [0.25, 0.3) is 32.3 Å². The van der Waals surface area contributed by atoms with E-state index < -0.39 is 0 Å². The van der Waals surface area contributed by atoms with Gasteiger partial charge in [0.2, 0.25) is 0 Å². The Hall–Kier alpha value is -1.83. The fraction of sp³-hybridized carbons (Fsp3) is 0.200. The van der Waals surface area contributed by atoms with Gasteiger partial charge < -0.3 is 5.73 Å². The van der Waals surface area contributed by atoms with Crippen molar-refractivity contribution in [1.29, 1.82) is 0 Å². The summed E-state index contributed by atoms with van der Waals surface area (Å²) in [5.74, 6) is 0.684. The van der Waals surface area contributed by atoms with Gasteiger partial charge in [0.15, 0.2) is 0 Å². The molecule has 1 nitrogen and oxygen atoms in total. The highest BCUT2D eigenvalue weighted by Gasteiger charge is 2.30. The van der Waals surface area contributed by atoms with Gasteiger partial charge in [0.25, 0.3) is 0 Å². The Morgan fingerprint density at radius 2 is 1.36 bits per heavy atom. The second-order valence-corrected chi connectivity index (χ2v) is 6.37. The zero-order valence-corrected chi connectivity index (χ0v) is 13.1. The summed E-state index contributed by atoms with van der Waals surface area (Å²) in [6, 6.07) is 20.2. The van der Waals surface area contributed by atoms with E-state index in [-0.39, 0.29) is 18.4 Å². The minimum absolute atomic E-state index is 0. The van der Waals surface area contributed by atoms with Gasteiger partial charge in [-0.05, 0) is 56.6 Å². The SMILES string of the molecule is Cl.N[C@@H](c1ccc2ccc3cccc4ccc1c2c34)C1CC1. The molecule has 22 heavy (non-hydrogen) atoms. The van der Waals surface area contributed by atoms with Crippen molar-refractivity contribution in [2.75, 3.05) is 0 Å². The Morgan fingerprint density at radius 3 is 2.05 bits per heavy atom. The van der Waals surface area contributed by atoms with Crippen molar-refractivity contribution >= 4 is 44.7 Å². The quantitative estimate of drug-likeness (QED) is 0.492. The predicted molar refractivity (Wildman–Crippen MR) is 97.0 cm³/mol. The maximum absolute atomic E-state index is 6.50. The molecule has 110 valence electrons. The van der Waals surface area contributed by atoms with Gasteiger partial charge in [0.05, 0.1) is 0 Å². The first kappa shape index (κ1) is 13.8. The summed E-state index contributed by atoms with van der Waals surface area (Å²) in [5.41, 5.74) is 7.82. The Labute approximate surface area is 135 Å². The van der Waals surface area contributed by atoms with E-state index in [0.717, 1.165) is 0 Å². The molecule has 4 aromatic rings. The van der Waals surface area contributed by atoms with E-state index in [1.54, 1.807) is 0 Å². The minimum atomic E-state index is 0. The summed E-state index contributed by atoms with van der Waals surface area (Å²) in [6.45, 7) is 0. The molecule has 0 bridgehead atoms. The van der Waals surface area contributed by atoms with Crippen molar-refractivity contribution in [2.24, 2.45) is 11.7 Å². The van der Waals surface area contributed by atoms with Crippen LogP contribution in [0.2, 0.25) is 0 Å². The summed E-state index contributed by atoms with van der Waals surface area (Å²) < 4.78 is 0. The molecule has 1 aliphatic carbocycles. The van der Waals surface area contributed by atoms with Gasteiger partial charge in [0, 0.05) is 6.04 Å². The Morgan fingerprint density at radius 1 is 0.773 bits per heavy atom. The highest BCUT2D eigenvalue weighted by Crippen LogP contribution is 2.43. The molecule has 0 aliphatic heterocycles. The van der Waals surface area contributed by atoms with Gasteiger partial charge in [0.1, 0.15) is 0 Å². The first-order valence-corrected chi connectivity index (χ1v) is 7.75. The van der Waals surface area contributed by atoms with E-state index in [1.807, 2.05) is 0 Å². The Kier molecular flexibility index (Phi) is 3.04. The van der Waals surface area contributed by atoms with Crippen LogP contribution in [-0.4, -0.2) is 0 Å². The maximum Gasteiger partial charge on any atom is 0.0329 e. The van der Waals surface area contributed by atoms with Crippen molar-refractivity contribution in [3.05, 3.63) is 60.2 Å². The molecule has 0 heterocycles. The number of rotatable bonds is 2. The van der Waals surface area contributed by atoms with Crippen LogP contribution in [0.4, 0.5) is 0 Å². The Bertz CT molecular complexity index is 956. The van der Waals surface area contributed by atoms with E-state index in [2.05, 4.69) is 54.6 Å². The van der Waals surface area contributed by atoms with Crippen LogP contribution >= 0.6 is 12.4 Å². The fourth-order valence-electron chi connectivity index (χ4n) is 3.76. The molecule has 0 unspecified atom stereocenters. The van der Waals surface area contributed by atoms with Crippen LogP contribution in [-0.2, 0) is 0 Å². The smallest absolute Gasteiger partial charge is 0.0329 e. The van der Waals surface area contributed by atoms with Gasteiger partial charge in [-0.1, -0.05) is 54.6 Å². The van der Waals surface area contributed by atoms with Crippen LogP contribution < -0.4 is 5.73 Å². The first-order chi connectivity index (χ1) is 10.3. The molecule has 0 amide bonds. The van der Waals surface area contributed by atoms with E-state index >= 15 is 0 Å². The number of nitrogens with two attached hydrogens (primary N) is 1. The second kappa shape index (κ2) is 4.84. The van der Waals surface area contributed by atoms with Crippen molar-refractivity contribution in [3.63, 3.8) is 0 Å². The molecule has 1 saturated carbocycles. The molecule has 2 heteroatoms. The molecule has 0 saturated heterocycles. The third-order valence-corrected chi connectivity index (χ3v) is 5.05. The average Bonchev–Trinajstić information content (AvgIpc) is 3.37. The summed E-state index contributed by atoms with van der Waals surface area (Å²) in [6.07, 6.45) is 2.56. The van der Waals surface area contributed by atoms with Crippen LogP contribution in [0.3, 0.4) is 0 Å². The van der Waals surface area contributed by atoms with Gasteiger partial charge in [-0.15, -0.1) is 12.4 Å². The summed E-state index contributed by atoms with van der Waals surface area (Å²) in [5, 5.41) is 8.08. The van der Waals surface area contributed by atoms with Gasteiger partial charge >= 0.3 is 0 Å². The molecule has 0 spiro atoms. The third kappa shape index (κ3) is 1.83. The minimum Gasteiger partial charge on any atom is -0.324 e. The molecule has 0 radical (unpaired) electrons. The van der Waals surface area contributed by atoms with Crippen molar-refractivity contribution in [3.8, 4) is 0 Å². The largest absolute Gasteiger partial charge is 0.324 e. The van der Waals surface area contributed by atoms with Crippen molar-refractivity contribution in [2.45, 2.75) is 18.9 Å². The number of benzene rings is 4. The third-order valence-electron chi connectivity index (χ3n) is 5.05. The Balaban J connectivity index is 0.00000125. The number of hydrogen-bond donors (Lipinski definition) is 1. The molecule has 1 fully saturated rings. The predicted octanol–water partition coefficient (Wildman–Crippen LogP) is 5.42. The molecular weight excluding hydrogens is 290 g/mol. The van der Waals surface area contributed by atoms with E-state index in [0.29, 0.717) is 5.92 Å². The lowest BCUT2D eigenvalue weighted by molar-refractivity contribution is 0.638. The van der Waals surface area contributed by atoms with Gasteiger partial charge in [-0.3, -0.25) is 0 Å². The topological polar surface area (TPSA) is 26.0 Å². The van der Waals surface area contributed by atoms with Crippen LogP contribution in [0.5, 0.6) is 0 Å². The maximum atomic E-state index is 6.50. The lowest BCUT2D eigenvalue weighted by Crippen LogP contribution is -2.12. The molecule has 4 aromatic carbocycles. The highest BCUT2D eigenvalue weighted by molar-refractivity contribution is 6.23. The zero-order chi connectivity index (χ0) is 14.0. The molecule has 1 aliphatic rings. The molecular formula is C20H18ClN. The van der Waals surface area contributed by atoms with Crippen LogP contribution in [0.15, 0.2) is 54.6 Å². The molecule has 0 aromatic heterocycles. The lowest BCUT2D eigenvalue weighted by Gasteiger charge is -2.17. The fourth-order valence-corrected chi connectivity index (χ4v) is 3.76. The van der Waals surface area contributed by atoms with E-state index in [9.17, 15) is 0 Å². The number of halogens is 1. The monoisotopic (exact) mass is 307 g/mol. The normalized spacial score (nSPS) is 16.2. The highest BCUT2D eigenvalue weighted by atomic mass is 35.5. The first-order valence-electron chi connectivity index (χ1n) is 7.75. The van der Waals surface area contributed by atoms with Crippen LogP contribution in [0, 0.1) is 5.92 Å². The molecule has 1 atom stereocenters. The number of hydrogen-bond acceptors (Lipinski definition) is 1. The van der Waals surface area contributed by atoms with E-state index in [4.69, 9.17) is 5.73 Å². The van der Waals surface area contributed by atoms with E-state index in [1.165, 1.54) is 50.7 Å². The van der Waals surface area contributed by atoms with Crippen molar-refractivity contribution in [1.82, 2.24) is 0 Å². The summed E-state index contributed by atoms with van der Waals surface area (Å²) in [7, 11) is 0. The summed E-state index contributed by atoms with van der Waals surface area (Å²) >= 11 is 0. The zero-order valence-electron chi connectivity index (χ0n) is 12.3. The molecule has 2 N–H and O–H groups in total. The van der Waals surface area contributed by atoms with Crippen LogP contribution in [0.1, 0.15) is 24.4 Å². The second-order valence-electron chi connectivity index (χ2n) is 6.37.